The van der Waals surface area contributed by atoms with Crippen LogP contribution in [0.5, 0.6) is 11.5 Å². The van der Waals surface area contributed by atoms with Gasteiger partial charge in [-0.25, -0.2) is 18.6 Å². The average Bonchev–Trinajstić information content (AvgIpc) is 3.55. The molecule has 5 aromatic rings. The predicted molar refractivity (Wildman–Crippen MR) is 174 cm³/mol. The summed E-state index contributed by atoms with van der Waals surface area (Å²) in [6, 6.07) is 18.4. The number of anilines is 3. The lowest BCUT2D eigenvalue weighted by Crippen LogP contribution is -2.56. The quantitative estimate of drug-likeness (QED) is 0.0862. The molecule has 52 heavy (non-hydrogen) atoms. The van der Waals surface area contributed by atoms with Gasteiger partial charge in [-0.3, -0.25) is 15.4 Å². The van der Waals surface area contributed by atoms with Crippen LogP contribution >= 0.6 is 23.2 Å². The molecular weight excluding hydrogens is 749 g/mol. The van der Waals surface area contributed by atoms with E-state index in [2.05, 4.69) is 25.1 Å². The zero-order chi connectivity index (χ0) is 37.6. The standard InChI is InChI=1S/C32H20Cl2F6N6O6/c33-24-9-5-4-8-23(24)27(47)42-30(49)46(20-12-16-22(17-13-20)51-32(38,39)40)45(19-10-14-21(15-11-19)50-31(36,37)28(34)35)29(48)41-26-25(43-52-44-26)18-6-2-1-3-7-18/h1-17,28H,(H,41,44,48)(H,42,47,49). The molecule has 20 heteroatoms. The maximum atomic E-state index is 14.2. The van der Waals surface area contributed by atoms with Crippen LogP contribution in [-0.4, -0.2) is 46.4 Å². The number of urea groups is 2. The molecular formula is C32H20Cl2F6N6O6. The van der Waals surface area contributed by atoms with Crippen molar-refractivity contribution in [2.45, 2.75) is 18.1 Å². The Kier molecular flexibility index (Phi) is 11.1. The summed E-state index contributed by atoms with van der Waals surface area (Å²) in [7, 11) is 0. The topological polar surface area (TPSA) is 139 Å². The second-order valence-electron chi connectivity index (χ2n) is 10.1. The number of hydrazine groups is 1. The van der Waals surface area contributed by atoms with E-state index in [4.69, 9.17) is 27.8 Å². The van der Waals surface area contributed by atoms with Crippen molar-refractivity contribution in [2.75, 3.05) is 15.3 Å². The van der Waals surface area contributed by atoms with Crippen molar-refractivity contribution in [3.8, 4) is 22.8 Å². The Morgan fingerprint density at radius 1 is 0.731 bits per heavy atom. The number of carbonyl (C=O) groups is 3. The first kappa shape index (κ1) is 37.3. The first-order valence-corrected chi connectivity index (χ1v) is 15.1. The Labute approximate surface area is 298 Å². The highest BCUT2D eigenvalue weighted by atomic mass is 35.5. The summed E-state index contributed by atoms with van der Waals surface area (Å²) >= 11 is 11.0. The molecule has 1 aromatic heterocycles. The van der Waals surface area contributed by atoms with Crippen LogP contribution in [0.2, 0.25) is 5.02 Å². The fraction of sp³-hybridized carbons (Fsp3) is 0.0938. The molecule has 4 aromatic carbocycles. The van der Waals surface area contributed by atoms with E-state index in [0.717, 1.165) is 48.5 Å². The minimum atomic E-state index is -5.08. The lowest BCUT2D eigenvalue weighted by molar-refractivity contribution is -0.274. The first-order valence-electron chi connectivity index (χ1n) is 14.3. The molecule has 1 unspecified atom stereocenters. The number of hydrogen-bond donors (Lipinski definition) is 2. The number of alkyl halides is 7. The fourth-order valence-corrected chi connectivity index (χ4v) is 4.63. The number of nitrogens with zero attached hydrogens (tertiary/aromatic N) is 4. The maximum Gasteiger partial charge on any atom is 0.573 e. The molecule has 0 spiro atoms. The molecule has 0 fully saturated rings. The molecule has 5 amide bonds. The van der Waals surface area contributed by atoms with E-state index in [1.807, 2.05) is 5.32 Å². The van der Waals surface area contributed by atoms with Crippen molar-refractivity contribution >= 4 is 58.4 Å². The van der Waals surface area contributed by atoms with Crippen molar-refractivity contribution in [1.82, 2.24) is 15.6 Å². The van der Waals surface area contributed by atoms with Crippen LogP contribution in [0.25, 0.3) is 11.3 Å². The van der Waals surface area contributed by atoms with Gasteiger partial charge in [0.05, 0.1) is 22.0 Å². The monoisotopic (exact) mass is 768 g/mol. The third kappa shape index (κ3) is 9.01. The number of ether oxygens (including phenoxy) is 2. The van der Waals surface area contributed by atoms with Crippen LogP contribution in [0.1, 0.15) is 10.4 Å². The van der Waals surface area contributed by atoms with Gasteiger partial charge in [0.15, 0.2) is 5.69 Å². The zero-order valence-electron chi connectivity index (χ0n) is 25.7. The van der Waals surface area contributed by atoms with Crippen molar-refractivity contribution in [3.63, 3.8) is 0 Å². The van der Waals surface area contributed by atoms with E-state index in [0.29, 0.717) is 15.6 Å². The average molecular weight is 769 g/mol. The summed E-state index contributed by atoms with van der Waals surface area (Å²) < 4.78 is 92.8. The highest BCUT2D eigenvalue weighted by Crippen LogP contribution is 2.33. The molecule has 0 saturated carbocycles. The highest BCUT2D eigenvalue weighted by Gasteiger charge is 2.42. The summed E-state index contributed by atoms with van der Waals surface area (Å²) in [5.41, 5.74) is -3.60. The number of amides is 5. The molecule has 1 atom stereocenters. The molecule has 0 aliphatic heterocycles. The molecule has 12 nitrogen and oxygen atoms in total. The van der Waals surface area contributed by atoms with E-state index in [9.17, 15) is 40.7 Å². The Morgan fingerprint density at radius 3 is 1.83 bits per heavy atom. The zero-order valence-corrected chi connectivity index (χ0v) is 27.2. The summed E-state index contributed by atoms with van der Waals surface area (Å²) in [5.74, 6) is -2.69. The fourth-order valence-electron chi connectivity index (χ4n) is 4.37. The van der Waals surface area contributed by atoms with Crippen molar-refractivity contribution in [3.05, 3.63) is 114 Å². The van der Waals surface area contributed by atoms with E-state index in [-0.39, 0.29) is 33.5 Å². The van der Waals surface area contributed by atoms with Crippen LogP contribution in [0.3, 0.4) is 0 Å². The van der Waals surface area contributed by atoms with Gasteiger partial charge in [-0.05, 0) is 71.0 Å². The van der Waals surface area contributed by atoms with Gasteiger partial charge in [-0.15, -0.1) is 13.2 Å². The normalized spacial score (nSPS) is 12.0. The van der Waals surface area contributed by atoms with Crippen LogP contribution in [0, 0.1) is 0 Å². The van der Waals surface area contributed by atoms with Crippen molar-refractivity contribution in [2.24, 2.45) is 0 Å². The first-order chi connectivity index (χ1) is 24.6. The van der Waals surface area contributed by atoms with Gasteiger partial charge in [0.25, 0.3) is 11.5 Å². The summed E-state index contributed by atoms with van der Waals surface area (Å²) in [6.45, 7) is 0. The number of nitrogens with one attached hydrogen (secondary N) is 2. The molecule has 5 rings (SSSR count). The largest absolute Gasteiger partial charge is 0.573 e. The number of hydrogen-bond acceptors (Lipinski definition) is 8. The number of rotatable bonds is 9. The third-order valence-corrected chi connectivity index (χ3v) is 7.17. The summed E-state index contributed by atoms with van der Waals surface area (Å²) in [4.78, 5) is 41.3. The van der Waals surface area contributed by atoms with E-state index in [1.54, 1.807) is 30.3 Å². The van der Waals surface area contributed by atoms with Crippen molar-refractivity contribution < 1.29 is 54.8 Å². The lowest BCUT2D eigenvalue weighted by Gasteiger charge is -2.34. The van der Waals surface area contributed by atoms with Gasteiger partial charge in [0, 0.05) is 5.56 Å². The molecule has 0 saturated heterocycles. The number of aromatic nitrogens is 2. The van der Waals surface area contributed by atoms with Gasteiger partial charge in [0.2, 0.25) is 5.82 Å². The smallest absolute Gasteiger partial charge is 0.429 e. The molecule has 0 aliphatic carbocycles. The predicted octanol–water partition coefficient (Wildman–Crippen LogP) is 8.80. The maximum absolute atomic E-state index is 14.2. The van der Waals surface area contributed by atoms with Gasteiger partial charge >= 0.3 is 24.5 Å². The van der Waals surface area contributed by atoms with Crippen LogP contribution in [0.15, 0.2) is 108 Å². The molecule has 0 radical (unpaired) electrons. The molecule has 0 aliphatic rings. The SMILES string of the molecule is O=C(NC(=O)N(c1ccc(OC(F)(F)F)cc1)N(C(=O)Nc1nonc1-c1ccccc1)c1ccc(OC(F)(F)C(F)Cl)cc1)c1ccccc1Cl. The minimum absolute atomic E-state index is 0.0280. The molecule has 1 heterocycles. The minimum Gasteiger partial charge on any atom is -0.429 e. The molecule has 2 N–H and O–H groups in total. The van der Waals surface area contributed by atoms with E-state index >= 15 is 0 Å². The number of carbonyl (C=O) groups excluding carboxylic acids is 3. The Balaban J connectivity index is 1.60. The van der Waals surface area contributed by atoms with Crippen LogP contribution in [0.4, 0.5) is 53.1 Å². The van der Waals surface area contributed by atoms with E-state index in [1.165, 1.54) is 24.3 Å². The highest BCUT2D eigenvalue weighted by molar-refractivity contribution is 6.34. The van der Waals surface area contributed by atoms with Gasteiger partial charge in [-0.1, -0.05) is 65.7 Å². The molecule has 270 valence electrons. The Hall–Kier alpha value is -6.01. The van der Waals surface area contributed by atoms with Gasteiger partial charge < -0.3 is 9.47 Å². The second kappa shape index (κ2) is 15.5. The van der Waals surface area contributed by atoms with Gasteiger partial charge in [0.1, 0.15) is 11.5 Å². The van der Waals surface area contributed by atoms with Crippen LogP contribution < -0.4 is 30.1 Å². The molecule has 0 bridgehead atoms. The number of benzene rings is 4. The van der Waals surface area contributed by atoms with Gasteiger partial charge in [-0.2, -0.15) is 18.8 Å². The van der Waals surface area contributed by atoms with E-state index < -0.39 is 47.6 Å². The number of halogens is 8. The second-order valence-corrected chi connectivity index (χ2v) is 10.9. The Morgan fingerprint density at radius 2 is 1.27 bits per heavy atom. The van der Waals surface area contributed by atoms with Crippen molar-refractivity contribution in [1.29, 1.82) is 0 Å². The third-order valence-electron chi connectivity index (χ3n) is 6.59. The summed E-state index contributed by atoms with van der Waals surface area (Å²) in [6.07, 6.45) is -9.56. The summed E-state index contributed by atoms with van der Waals surface area (Å²) in [5, 5.41) is 12.9. The van der Waals surface area contributed by atoms with Crippen LogP contribution in [-0.2, 0) is 0 Å². The Bertz CT molecular complexity index is 2040. The number of imide groups is 1. The lowest BCUT2D eigenvalue weighted by atomic mass is 10.1.